The Hall–Kier alpha value is -2.51. The van der Waals surface area contributed by atoms with E-state index in [1.807, 2.05) is 6.92 Å². The number of benzene rings is 1. The van der Waals surface area contributed by atoms with E-state index in [9.17, 15) is 4.39 Å². The highest BCUT2D eigenvalue weighted by Crippen LogP contribution is 2.32. The maximum atomic E-state index is 13.6. The van der Waals surface area contributed by atoms with Gasteiger partial charge in [-0.2, -0.15) is 0 Å². The topological polar surface area (TPSA) is 48.5 Å². The summed E-state index contributed by atoms with van der Waals surface area (Å²) in [5, 5.41) is 12.1. The molecule has 0 radical (unpaired) electrons. The summed E-state index contributed by atoms with van der Waals surface area (Å²) in [4.78, 5) is 4.91. The van der Waals surface area contributed by atoms with Crippen LogP contribution in [0.2, 0.25) is 5.02 Å². The predicted molar refractivity (Wildman–Crippen MR) is 122 cm³/mol. The molecule has 0 saturated heterocycles. The van der Waals surface area contributed by atoms with Gasteiger partial charge < -0.3 is 9.13 Å². The average Bonchev–Trinajstić information content (AvgIpc) is 3.38. The predicted octanol–water partition coefficient (Wildman–Crippen LogP) is 5.92. The van der Waals surface area contributed by atoms with Crippen molar-refractivity contribution in [3.8, 4) is 16.9 Å². The summed E-state index contributed by atoms with van der Waals surface area (Å²) in [6, 6.07) is 6.92. The second kappa shape index (κ2) is 8.20. The van der Waals surface area contributed by atoms with Crippen molar-refractivity contribution in [1.82, 2.24) is 24.3 Å². The van der Waals surface area contributed by atoms with Gasteiger partial charge >= 0.3 is 0 Å². The number of aryl methyl sites for hydroxylation is 2. The Morgan fingerprint density at radius 1 is 1.13 bits per heavy atom. The van der Waals surface area contributed by atoms with Gasteiger partial charge in [0.1, 0.15) is 22.5 Å². The molecule has 0 amide bonds. The molecule has 5 rings (SSSR count). The number of nitrogens with zero attached hydrogens (tertiary/aromatic N) is 5. The highest BCUT2D eigenvalue weighted by Gasteiger charge is 2.18. The van der Waals surface area contributed by atoms with Crippen LogP contribution < -0.4 is 0 Å². The van der Waals surface area contributed by atoms with Gasteiger partial charge in [-0.25, -0.2) is 9.37 Å². The SMILES string of the molecule is Cc1cc(-c2csc(Cc3nnc4n3CCCCC4)n2)c(C)n1-c1ccc(F)c(Cl)c1. The van der Waals surface area contributed by atoms with Gasteiger partial charge in [0.15, 0.2) is 0 Å². The maximum Gasteiger partial charge on any atom is 0.141 e. The minimum Gasteiger partial charge on any atom is -0.318 e. The van der Waals surface area contributed by atoms with Gasteiger partial charge in [-0.1, -0.05) is 18.0 Å². The van der Waals surface area contributed by atoms with E-state index in [4.69, 9.17) is 16.6 Å². The van der Waals surface area contributed by atoms with Crippen molar-refractivity contribution in [1.29, 1.82) is 0 Å². The van der Waals surface area contributed by atoms with Gasteiger partial charge in [0.05, 0.1) is 17.1 Å². The lowest BCUT2D eigenvalue weighted by molar-refractivity contribution is 0.611. The Balaban J connectivity index is 1.44. The van der Waals surface area contributed by atoms with Gasteiger partial charge in [0.25, 0.3) is 0 Å². The molecule has 5 nitrogen and oxygen atoms in total. The Bertz CT molecular complexity index is 1260. The van der Waals surface area contributed by atoms with Crippen LogP contribution in [-0.2, 0) is 19.4 Å². The molecule has 1 aromatic carbocycles. The van der Waals surface area contributed by atoms with Crippen molar-refractivity contribution in [2.45, 2.75) is 52.5 Å². The van der Waals surface area contributed by atoms with Crippen molar-refractivity contribution < 1.29 is 4.39 Å². The van der Waals surface area contributed by atoms with Gasteiger partial charge in [-0.15, -0.1) is 21.5 Å². The molecule has 8 heteroatoms. The Labute approximate surface area is 189 Å². The van der Waals surface area contributed by atoms with Gasteiger partial charge in [0, 0.05) is 41.0 Å². The number of hydrogen-bond acceptors (Lipinski definition) is 4. The Kier molecular flexibility index (Phi) is 5.40. The first-order valence-corrected chi connectivity index (χ1v) is 11.8. The molecule has 0 saturated carbocycles. The highest BCUT2D eigenvalue weighted by atomic mass is 35.5. The number of rotatable bonds is 4. The largest absolute Gasteiger partial charge is 0.318 e. The first-order chi connectivity index (χ1) is 15.0. The molecule has 3 aromatic heterocycles. The van der Waals surface area contributed by atoms with E-state index >= 15 is 0 Å². The quantitative estimate of drug-likeness (QED) is 0.384. The van der Waals surface area contributed by atoms with Crippen LogP contribution >= 0.6 is 22.9 Å². The molecule has 1 aliphatic rings. The third-order valence-corrected chi connectivity index (χ3v) is 7.05. The van der Waals surface area contributed by atoms with Crippen molar-refractivity contribution >= 4 is 22.9 Å². The molecule has 0 atom stereocenters. The smallest absolute Gasteiger partial charge is 0.141 e. The standard InChI is InChI=1S/C23H23ClFN5S/c1-14-10-17(15(2)30(14)16-7-8-19(25)18(24)11-16)20-13-31-23(26-20)12-22-28-27-21-6-4-3-5-9-29(21)22/h7-8,10-11,13H,3-6,9,12H2,1-2H3. The average molecular weight is 456 g/mol. The second-order valence-corrected chi connectivity index (χ2v) is 9.37. The van der Waals surface area contributed by atoms with E-state index < -0.39 is 5.82 Å². The van der Waals surface area contributed by atoms with Gasteiger partial charge in [0.2, 0.25) is 0 Å². The van der Waals surface area contributed by atoms with E-state index in [2.05, 4.69) is 37.7 Å². The molecule has 160 valence electrons. The van der Waals surface area contributed by atoms with Crippen molar-refractivity contribution in [2.75, 3.05) is 0 Å². The van der Waals surface area contributed by atoms with Crippen LogP contribution in [-0.4, -0.2) is 24.3 Å². The fourth-order valence-corrected chi connectivity index (χ4v) is 5.34. The van der Waals surface area contributed by atoms with E-state index in [1.54, 1.807) is 23.5 Å². The number of hydrogen-bond donors (Lipinski definition) is 0. The zero-order chi connectivity index (χ0) is 21.5. The van der Waals surface area contributed by atoms with Gasteiger partial charge in [-0.3, -0.25) is 0 Å². The zero-order valence-electron chi connectivity index (χ0n) is 17.5. The van der Waals surface area contributed by atoms with Crippen LogP contribution in [0, 0.1) is 19.7 Å². The molecular weight excluding hydrogens is 433 g/mol. The van der Waals surface area contributed by atoms with Crippen LogP contribution in [0.25, 0.3) is 16.9 Å². The van der Waals surface area contributed by atoms with Gasteiger partial charge in [-0.05, 0) is 51.0 Å². The molecule has 0 unspecified atom stereocenters. The van der Waals surface area contributed by atoms with Crippen LogP contribution in [0.1, 0.15) is 47.3 Å². The number of fused-ring (bicyclic) bond motifs is 1. The third kappa shape index (κ3) is 3.81. The summed E-state index contributed by atoms with van der Waals surface area (Å²) in [5.41, 5.74) is 4.96. The molecule has 0 bridgehead atoms. The lowest BCUT2D eigenvalue weighted by atomic mass is 10.2. The molecule has 1 aliphatic heterocycles. The fourth-order valence-electron chi connectivity index (χ4n) is 4.37. The maximum absolute atomic E-state index is 13.6. The molecule has 0 aliphatic carbocycles. The lowest BCUT2D eigenvalue weighted by Crippen LogP contribution is -2.06. The molecule has 4 aromatic rings. The minimum atomic E-state index is -0.413. The number of thiazole rings is 1. The highest BCUT2D eigenvalue weighted by molar-refractivity contribution is 7.10. The summed E-state index contributed by atoms with van der Waals surface area (Å²) < 4.78 is 18.0. The molecule has 4 heterocycles. The molecule has 0 spiro atoms. The van der Waals surface area contributed by atoms with Crippen LogP contribution in [0.15, 0.2) is 29.6 Å². The Morgan fingerprint density at radius 3 is 2.84 bits per heavy atom. The summed E-state index contributed by atoms with van der Waals surface area (Å²) in [5.74, 6) is 1.69. The summed E-state index contributed by atoms with van der Waals surface area (Å²) in [6.07, 6.45) is 5.33. The van der Waals surface area contributed by atoms with Crippen LogP contribution in [0.5, 0.6) is 0 Å². The monoisotopic (exact) mass is 455 g/mol. The fraction of sp³-hybridized carbons (Fsp3) is 0.348. The normalized spacial score (nSPS) is 13.9. The number of aromatic nitrogens is 5. The van der Waals surface area contributed by atoms with E-state index in [0.29, 0.717) is 6.42 Å². The molecule has 31 heavy (non-hydrogen) atoms. The zero-order valence-corrected chi connectivity index (χ0v) is 19.1. The molecule has 0 N–H and O–H groups in total. The number of halogens is 2. The minimum absolute atomic E-state index is 0.120. The summed E-state index contributed by atoms with van der Waals surface area (Å²) >= 11 is 7.66. The van der Waals surface area contributed by atoms with Crippen LogP contribution in [0.3, 0.4) is 0 Å². The third-order valence-electron chi connectivity index (χ3n) is 5.92. The first kappa shape index (κ1) is 20.4. The summed E-state index contributed by atoms with van der Waals surface area (Å²) in [6.45, 7) is 5.08. The van der Waals surface area contributed by atoms with E-state index in [1.165, 1.54) is 25.3 Å². The van der Waals surface area contributed by atoms with Crippen molar-refractivity contribution in [3.05, 3.63) is 68.5 Å². The van der Waals surface area contributed by atoms with Crippen LogP contribution in [0.4, 0.5) is 4.39 Å². The first-order valence-electron chi connectivity index (χ1n) is 10.5. The van der Waals surface area contributed by atoms with E-state index in [-0.39, 0.29) is 5.02 Å². The molecular formula is C23H23ClFN5S. The summed E-state index contributed by atoms with van der Waals surface area (Å²) in [7, 11) is 0. The van der Waals surface area contributed by atoms with E-state index in [0.717, 1.165) is 58.0 Å². The molecule has 0 fully saturated rings. The second-order valence-electron chi connectivity index (χ2n) is 8.02. The lowest BCUT2D eigenvalue weighted by Gasteiger charge is -2.10. The van der Waals surface area contributed by atoms with Crippen molar-refractivity contribution in [3.63, 3.8) is 0 Å². The Morgan fingerprint density at radius 2 is 2.00 bits per heavy atom. The van der Waals surface area contributed by atoms with Crippen molar-refractivity contribution in [2.24, 2.45) is 0 Å².